The summed E-state index contributed by atoms with van der Waals surface area (Å²) in [5.74, 6) is -0.184. The van der Waals surface area contributed by atoms with Gasteiger partial charge in [-0.2, -0.15) is 0 Å². The van der Waals surface area contributed by atoms with E-state index in [9.17, 15) is 4.79 Å². The molecule has 1 N–H and O–H groups in total. The highest BCUT2D eigenvalue weighted by Gasteiger charge is 2.13. The lowest BCUT2D eigenvalue weighted by molar-refractivity contribution is -0.115. The molecule has 0 aliphatic rings. The van der Waals surface area contributed by atoms with Gasteiger partial charge in [0.15, 0.2) is 0 Å². The summed E-state index contributed by atoms with van der Waals surface area (Å²) in [7, 11) is 0. The van der Waals surface area contributed by atoms with Crippen molar-refractivity contribution in [2.45, 2.75) is 6.54 Å². The average Bonchev–Trinajstić information content (AvgIpc) is 2.67. The zero-order valence-electron chi connectivity index (χ0n) is 14.0. The van der Waals surface area contributed by atoms with Crippen LogP contribution in [0.1, 0.15) is 16.7 Å². The van der Waals surface area contributed by atoms with Crippen molar-refractivity contribution in [3.8, 4) is 0 Å². The summed E-state index contributed by atoms with van der Waals surface area (Å²) in [5, 5.41) is 4.17. The van der Waals surface area contributed by atoms with E-state index in [1.165, 1.54) is 0 Å². The fourth-order valence-electron chi connectivity index (χ4n) is 2.56. The Morgan fingerprint density at radius 2 is 1.42 bits per heavy atom. The fraction of sp³-hybridized carbons (Fsp3) is 0.0455. The lowest BCUT2D eigenvalue weighted by Crippen LogP contribution is -2.24. The third-order valence-electron chi connectivity index (χ3n) is 3.93. The molecule has 130 valence electrons. The zero-order chi connectivity index (χ0) is 18.4. The van der Waals surface area contributed by atoms with Gasteiger partial charge in [-0.3, -0.25) is 4.79 Å². The van der Waals surface area contributed by atoms with Gasteiger partial charge in [0, 0.05) is 22.2 Å². The van der Waals surface area contributed by atoms with Crippen LogP contribution in [0.5, 0.6) is 0 Å². The summed E-state index contributed by atoms with van der Waals surface area (Å²) in [6, 6.07) is 24.4. The van der Waals surface area contributed by atoms with Crippen molar-refractivity contribution in [3.63, 3.8) is 0 Å². The third-order valence-corrected chi connectivity index (χ3v) is 4.64. The maximum absolute atomic E-state index is 12.9. The molecule has 0 radical (unpaired) electrons. The minimum Gasteiger partial charge on any atom is -0.348 e. The van der Waals surface area contributed by atoms with E-state index in [0.717, 1.165) is 16.7 Å². The Hall–Kier alpha value is -2.55. The highest BCUT2D eigenvalue weighted by atomic mass is 35.5. The first kappa shape index (κ1) is 18.2. The number of nitrogens with one attached hydrogen (secondary N) is 1. The fourth-order valence-corrected chi connectivity index (χ4v) is 2.95. The number of hydrogen-bond donors (Lipinski definition) is 1. The molecule has 0 saturated heterocycles. The van der Waals surface area contributed by atoms with Crippen molar-refractivity contribution in [2.24, 2.45) is 0 Å². The predicted molar refractivity (Wildman–Crippen MR) is 109 cm³/mol. The predicted octanol–water partition coefficient (Wildman–Crippen LogP) is 5.85. The minimum absolute atomic E-state index is 0.184. The van der Waals surface area contributed by atoms with Crippen LogP contribution in [0.15, 0.2) is 78.9 Å². The SMILES string of the molecule is O=C(NCc1ccccc1Cl)/C(=C\c1ccccc1Cl)c1ccccc1. The Morgan fingerprint density at radius 1 is 0.808 bits per heavy atom. The van der Waals surface area contributed by atoms with Gasteiger partial charge in [-0.1, -0.05) is 89.9 Å². The summed E-state index contributed by atoms with van der Waals surface area (Å²) in [4.78, 5) is 12.9. The molecule has 0 saturated carbocycles. The third kappa shape index (κ3) is 4.54. The summed E-state index contributed by atoms with van der Waals surface area (Å²) < 4.78 is 0. The molecule has 0 atom stereocenters. The summed E-state index contributed by atoms with van der Waals surface area (Å²) >= 11 is 12.4. The lowest BCUT2D eigenvalue weighted by atomic mass is 10.0. The molecule has 0 aromatic heterocycles. The molecule has 1 amide bonds. The first-order chi connectivity index (χ1) is 12.6. The van der Waals surface area contributed by atoms with Crippen LogP contribution in [0.25, 0.3) is 11.6 Å². The molecule has 0 unspecified atom stereocenters. The molecular formula is C22H17Cl2NO. The van der Waals surface area contributed by atoms with E-state index in [1.54, 1.807) is 18.2 Å². The summed E-state index contributed by atoms with van der Waals surface area (Å²) in [6.07, 6.45) is 1.81. The van der Waals surface area contributed by atoms with Crippen LogP contribution < -0.4 is 5.32 Å². The number of hydrogen-bond acceptors (Lipinski definition) is 1. The van der Waals surface area contributed by atoms with Crippen molar-refractivity contribution in [2.75, 3.05) is 0 Å². The van der Waals surface area contributed by atoms with Crippen LogP contribution in [-0.4, -0.2) is 5.91 Å². The van der Waals surface area contributed by atoms with Crippen LogP contribution in [-0.2, 0) is 11.3 Å². The van der Waals surface area contributed by atoms with Gasteiger partial charge in [-0.05, 0) is 34.9 Å². The van der Waals surface area contributed by atoms with Crippen molar-refractivity contribution in [1.82, 2.24) is 5.32 Å². The van der Waals surface area contributed by atoms with Crippen LogP contribution in [0, 0.1) is 0 Å². The molecule has 2 nitrogen and oxygen atoms in total. The van der Waals surface area contributed by atoms with E-state index in [4.69, 9.17) is 23.2 Å². The molecule has 0 aliphatic heterocycles. The smallest absolute Gasteiger partial charge is 0.252 e. The minimum atomic E-state index is -0.184. The molecule has 0 aliphatic carbocycles. The molecule has 0 bridgehead atoms. The Bertz CT molecular complexity index is 936. The van der Waals surface area contributed by atoms with Gasteiger partial charge in [0.1, 0.15) is 0 Å². The number of benzene rings is 3. The van der Waals surface area contributed by atoms with E-state index in [1.807, 2.05) is 66.7 Å². The first-order valence-corrected chi connectivity index (χ1v) is 8.94. The second-order valence-corrected chi connectivity index (χ2v) is 6.53. The molecule has 26 heavy (non-hydrogen) atoms. The largest absolute Gasteiger partial charge is 0.348 e. The monoisotopic (exact) mass is 381 g/mol. The van der Waals surface area contributed by atoms with Gasteiger partial charge in [-0.25, -0.2) is 0 Å². The van der Waals surface area contributed by atoms with Gasteiger partial charge >= 0.3 is 0 Å². The molecule has 0 fully saturated rings. The molecule has 0 spiro atoms. The van der Waals surface area contributed by atoms with Crippen molar-refractivity contribution < 1.29 is 4.79 Å². The highest BCUT2D eigenvalue weighted by Crippen LogP contribution is 2.23. The normalized spacial score (nSPS) is 11.2. The van der Waals surface area contributed by atoms with Gasteiger partial charge in [0.2, 0.25) is 0 Å². The van der Waals surface area contributed by atoms with E-state index >= 15 is 0 Å². The molecule has 4 heteroatoms. The van der Waals surface area contributed by atoms with Crippen molar-refractivity contribution in [3.05, 3.63) is 106 Å². The van der Waals surface area contributed by atoms with Gasteiger partial charge in [0.25, 0.3) is 5.91 Å². The lowest BCUT2D eigenvalue weighted by Gasteiger charge is -2.11. The second kappa shape index (κ2) is 8.70. The Kier molecular flexibility index (Phi) is 6.11. The summed E-state index contributed by atoms with van der Waals surface area (Å²) in [5.41, 5.74) is 3.03. The van der Waals surface area contributed by atoms with E-state index in [0.29, 0.717) is 22.2 Å². The van der Waals surface area contributed by atoms with E-state index < -0.39 is 0 Å². The average molecular weight is 382 g/mol. The maximum Gasteiger partial charge on any atom is 0.252 e. The van der Waals surface area contributed by atoms with Gasteiger partial charge in [-0.15, -0.1) is 0 Å². The topological polar surface area (TPSA) is 29.1 Å². The van der Waals surface area contributed by atoms with E-state index in [2.05, 4.69) is 5.32 Å². The van der Waals surface area contributed by atoms with Gasteiger partial charge in [0.05, 0.1) is 0 Å². The number of carbonyl (C=O) groups excluding carboxylic acids is 1. The first-order valence-electron chi connectivity index (χ1n) is 8.18. The Labute approximate surface area is 163 Å². The molecular weight excluding hydrogens is 365 g/mol. The standard InChI is InChI=1S/C22H17Cl2NO/c23-20-12-6-4-10-17(20)14-19(16-8-2-1-3-9-16)22(26)25-15-18-11-5-7-13-21(18)24/h1-14H,15H2,(H,25,26)/b19-14-. The molecule has 0 heterocycles. The Morgan fingerprint density at radius 3 is 2.12 bits per heavy atom. The van der Waals surface area contributed by atoms with E-state index in [-0.39, 0.29) is 5.91 Å². The maximum atomic E-state index is 12.9. The molecule has 3 rings (SSSR count). The van der Waals surface area contributed by atoms with Crippen LogP contribution >= 0.6 is 23.2 Å². The number of halogens is 2. The van der Waals surface area contributed by atoms with Gasteiger partial charge < -0.3 is 5.32 Å². The number of rotatable bonds is 5. The van der Waals surface area contributed by atoms with Crippen LogP contribution in [0.4, 0.5) is 0 Å². The van der Waals surface area contributed by atoms with Crippen molar-refractivity contribution >= 4 is 40.8 Å². The second-order valence-electron chi connectivity index (χ2n) is 5.72. The van der Waals surface area contributed by atoms with Crippen molar-refractivity contribution in [1.29, 1.82) is 0 Å². The Balaban J connectivity index is 1.90. The van der Waals surface area contributed by atoms with Crippen LogP contribution in [0.2, 0.25) is 10.0 Å². The highest BCUT2D eigenvalue weighted by molar-refractivity contribution is 6.33. The number of amides is 1. The zero-order valence-corrected chi connectivity index (χ0v) is 15.5. The summed E-state index contributed by atoms with van der Waals surface area (Å²) in [6.45, 7) is 0.352. The molecule has 3 aromatic carbocycles. The molecule has 3 aromatic rings. The van der Waals surface area contributed by atoms with Crippen LogP contribution in [0.3, 0.4) is 0 Å². The quantitative estimate of drug-likeness (QED) is 0.435. The number of carbonyl (C=O) groups is 1.